The van der Waals surface area contributed by atoms with Crippen molar-refractivity contribution in [3.8, 4) is 34.7 Å². The van der Waals surface area contributed by atoms with Gasteiger partial charge in [-0.3, -0.25) is 9.69 Å². The highest BCUT2D eigenvalue weighted by molar-refractivity contribution is 5.78. The third-order valence-electron chi connectivity index (χ3n) is 5.95. The minimum absolute atomic E-state index is 0.0366. The number of rotatable bonds is 8. The van der Waals surface area contributed by atoms with Crippen molar-refractivity contribution in [1.82, 2.24) is 20.4 Å². The largest absolute Gasteiger partial charge is 0.490 e. The Bertz CT molecular complexity index is 1260. The highest BCUT2D eigenvalue weighted by atomic mass is 16.5. The molecule has 1 amide bonds. The molecule has 9 heteroatoms. The zero-order chi connectivity index (χ0) is 24.9. The van der Waals surface area contributed by atoms with Gasteiger partial charge >= 0.3 is 0 Å². The standard InChI is InChI=1S/C26H29N5O4/c1-16(2)34-23-7-5-18(12-20(23)13-27)26-29-25(30-35-26)22-6-4-19-14-31(10-8-21(19)17(22)3)15-24(33)28-9-11-32/h4-7,12,16,32H,8-11,14-15H2,1-3H3,(H,28,33). The summed E-state index contributed by atoms with van der Waals surface area (Å²) in [6, 6.07) is 11.4. The lowest BCUT2D eigenvalue weighted by molar-refractivity contribution is -0.122. The van der Waals surface area contributed by atoms with Gasteiger partial charge in [-0.15, -0.1) is 0 Å². The third-order valence-corrected chi connectivity index (χ3v) is 5.95. The summed E-state index contributed by atoms with van der Waals surface area (Å²) in [5.74, 6) is 1.27. The van der Waals surface area contributed by atoms with E-state index in [-0.39, 0.29) is 25.2 Å². The van der Waals surface area contributed by atoms with Crippen LogP contribution in [0.2, 0.25) is 0 Å². The number of aliphatic hydroxyl groups is 1. The molecule has 1 aliphatic rings. The van der Waals surface area contributed by atoms with E-state index in [9.17, 15) is 10.1 Å². The molecule has 0 saturated heterocycles. The van der Waals surface area contributed by atoms with E-state index in [1.807, 2.05) is 19.9 Å². The summed E-state index contributed by atoms with van der Waals surface area (Å²) in [6.45, 7) is 7.84. The van der Waals surface area contributed by atoms with Gasteiger partial charge in [0.05, 0.1) is 24.8 Å². The molecule has 35 heavy (non-hydrogen) atoms. The lowest BCUT2D eigenvalue weighted by atomic mass is 9.91. The van der Waals surface area contributed by atoms with Crippen molar-refractivity contribution in [3.63, 3.8) is 0 Å². The Hall–Kier alpha value is -3.74. The number of hydrogen-bond acceptors (Lipinski definition) is 8. The predicted octanol–water partition coefficient (Wildman–Crippen LogP) is 2.84. The quantitative estimate of drug-likeness (QED) is 0.510. The van der Waals surface area contributed by atoms with Crippen LogP contribution in [-0.4, -0.2) is 58.4 Å². The highest BCUT2D eigenvalue weighted by Gasteiger charge is 2.23. The molecule has 182 valence electrons. The number of nitriles is 1. The van der Waals surface area contributed by atoms with Crippen LogP contribution in [0.3, 0.4) is 0 Å². The number of nitrogens with one attached hydrogen (secondary N) is 1. The first-order valence-electron chi connectivity index (χ1n) is 11.7. The molecule has 1 aromatic heterocycles. The number of carbonyl (C=O) groups is 1. The maximum absolute atomic E-state index is 12.0. The van der Waals surface area contributed by atoms with E-state index >= 15 is 0 Å². The van der Waals surface area contributed by atoms with E-state index < -0.39 is 0 Å². The fourth-order valence-corrected chi connectivity index (χ4v) is 4.29. The van der Waals surface area contributed by atoms with Gasteiger partial charge in [0, 0.05) is 30.8 Å². The maximum Gasteiger partial charge on any atom is 0.258 e. The van der Waals surface area contributed by atoms with Crippen LogP contribution in [0.5, 0.6) is 5.75 Å². The first kappa shape index (κ1) is 24.4. The smallest absolute Gasteiger partial charge is 0.258 e. The molecule has 2 aromatic carbocycles. The molecule has 0 bridgehead atoms. The number of aromatic nitrogens is 2. The van der Waals surface area contributed by atoms with Crippen molar-refractivity contribution in [2.75, 3.05) is 26.2 Å². The van der Waals surface area contributed by atoms with Crippen LogP contribution in [0.15, 0.2) is 34.9 Å². The fraction of sp³-hybridized carbons (Fsp3) is 0.385. The molecule has 0 radical (unpaired) electrons. The SMILES string of the molecule is Cc1c(-c2noc(-c3ccc(OC(C)C)c(C#N)c3)n2)ccc2c1CCN(CC(=O)NCCO)C2. The van der Waals surface area contributed by atoms with Gasteiger partial charge in [-0.1, -0.05) is 17.3 Å². The molecular weight excluding hydrogens is 446 g/mol. The van der Waals surface area contributed by atoms with E-state index in [4.69, 9.17) is 14.4 Å². The van der Waals surface area contributed by atoms with Crippen LogP contribution in [0, 0.1) is 18.3 Å². The average Bonchev–Trinajstić information content (AvgIpc) is 3.33. The molecule has 1 aliphatic heterocycles. The summed E-state index contributed by atoms with van der Waals surface area (Å²) < 4.78 is 11.2. The summed E-state index contributed by atoms with van der Waals surface area (Å²) in [5, 5.41) is 25.3. The molecule has 3 aromatic rings. The Morgan fingerprint density at radius 2 is 2.17 bits per heavy atom. The number of hydrogen-bond donors (Lipinski definition) is 2. The van der Waals surface area contributed by atoms with Gasteiger partial charge in [-0.05, 0) is 62.1 Å². The van der Waals surface area contributed by atoms with Gasteiger partial charge in [0.2, 0.25) is 11.7 Å². The second kappa shape index (κ2) is 10.7. The second-order valence-electron chi connectivity index (χ2n) is 8.82. The third kappa shape index (κ3) is 5.50. The van der Waals surface area contributed by atoms with Crippen LogP contribution >= 0.6 is 0 Å². The van der Waals surface area contributed by atoms with Crippen LogP contribution in [0.1, 0.15) is 36.1 Å². The van der Waals surface area contributed by atoms with Crippen molar-refractivity contribution in [3.05, 3.63) is 52.6 Å². The highest BCUT2D eigenvalue weighted by Crippen LogP contribution is 2.32. The van der Waals surface area contributed by atoms with Crippen molar-refractivity contribution >= 4 is 5.91 Å². The number of benzene rings is 2. The average molecular weight is 476 g/mol. The van der Waals surface area contributed by atoms with E-state index in [0.29, 0.717) is 41.7 Å². The summed E-state index contributed by atoms with van der Waals surface area (Å²) in [7, 11) is 0. The molecule has 9 nitrogen and oxygen atoms in total. The van der Waals surface area contributed by atoms with Gasteiger partial charge in [0.25, 0.3) is 5.89 Å². The molecule has 0 spiro atoms. The van der Waals surface area contributed by atoms with Crippen molar-refractivity contribution in [1.29, 1.82) is 5.26 Å². The number of carbonyl (C=O) groups excluding carboxylic acids is 1. The predicted molar refractivity (Wildman–Crippen MR) is 129 cm³/mol. The summed E-state index contributed by atoms with van der Waals surface area (Å²) >= 11 is 0. The van der Waals surface area contributed by atoms with Crippen LogP contribution < -0.4 is 10.1 Å². The topological polar surface area (TPSA) is 125 Å². The number of nitrogens with zero attached hydrogens (tertiary/aromatic N) is 4. The van der Waals surface area contributed by atoms with Crippen LogP contribution in [-0.2, 0) is 17.8 Å². The van der Waals surface area contributed by atoms with Crippen LogP contribution in [0.25, 0.3) is 22.8 Å². The Balaban J connectivity index is 1.53. The van der Waals surface area contributed by atoms with Gasteiger partial charge < -0.3 is 19.7 Å². The van der Waals surface area contributed by atoms with Gasteiger partial charge in [0.1, 0.15) is 11.8 Å². The monoisotopic (exact) mass is 475 g/mol. The first-order chi connectivity index (χ1) is 16.9. The number of aliphatic hydroxyl groups excluding tert-OH is 1. The van der Waals surface area contributed by atoms with Gasteiger partial charge in [-0.2, -0.15) is 10.2 Å². The summed E-state index contributed by atoms with van der Waals surface area (Å²) in [4.78, 5) is 18.7. The molecule has 2 heterocycles. The van der Waals surface area contributed by atoms with E-state index in [1.165, 1.54) is 11.1 Å². The minimum atomic E-state index is -0.0847. The Labute approximate surface area is 204 Å². The lowest BCUT2D eigenvalue weighted by Crippen LogP contribution is -2.40. The summed E-state index contributed by atoms with van der Waals surface area (Å²) in [6.07, 6.45) is 0.779. The van der Waals surface area contributed by atoms with E-state index in [1.54, 1.807) is 18.2 Å². The molecule has 0 saturated carbocycles. The van der Waals surface area contributed by atoms with Crippen molar-refractivity contribution in [2.24, 2.45) is 0 Å². The van der Waals surface area contributed by atoms with Gasteiger partial charge in [0.15, 0.2) is 0 Å². The number of fused-ring (bicyclic) bond motifs is 1. The number of ether oxygens (including phenoxy) is 1. The molecular formula is C26H29N5O4. The first-order valence-corrected chi connectivity index (χ1v) is 11.7. The normalized spacial score (nSPS) is 13.4. The molecule has 0 atom stereocenters. The van der Waals surface area contributed by atoms with Crippen molar-refractivity contribution in [2.45, 2.75) is 39.8 Å². The van der Waals surface area contributed by atoms with E-state index in [2.05, 4.69) is 39.4 Å². The Morgan fingerprint density at radius 3 is 2.91 bits per heavy atom. The molecule has 0 unspecified atom stereocenters. The molecule has 4 rings (SSSR count). The van der Waals surface area contributed by atoms with Gasteiger partial charge in [-0.25, -0.2) is 0 Å². The zero-order valence-corrected chi connectivity index (χ0v) is 20.2. The maximum atomic E-state index is 12.0. The Morgan fingerprint density at radius 1 is 1.34 bits per heavy atom. The zero-order valence-electron chi connectivity index (χ0n) is 20.2. The fourth-order valence-electron chi connectivity index (χ4n) is 4.29. The Kier molecular flexibility index (Phi) is 7.44. The molecule has 2 N–H and O–H groups in total. The summed E-state index contributed by atoms with van der Waals surface area (Å²) in [5.41, 5.74) is 5.47. The van der Waals surface area contributed by atoms with E-state index in [0.717, 1.165) is 24.1 Å². The second-order valence-corrected chi connectivity index (χ2v) is 8.82. The molecule has 0 aliphatic carbocycles. The van der Waals surface area contributed by atoms with Crippen LogP contribution in [0.4, 0.5) is 0 Å². The van der Waals surface area contributed by atoms with Crippen molar-refractivity contribution < 1.29 is 19.2 Å². The lowest BCUT2D eigenvalue weighted by Gasteiger charge is -2.29. The minimum Gasteiger partial charge on any atom is -0.490 e. The molecule has 0 fully saturated rings. The number of amides is 1.